The zero-order valence-corrected chi connectivity index (χ0v) is 20.1. The van der Waals surface area contributed by atoms with Crippen LogP contribution in [0.1, 0.15) is 20.7 Å². The van der Waals surface area contributed by atoms with Crippen molar-refractivity contribution < 1.29 is 9.59 Å². The van der Waals surface area contributed by atoms with E-state index in [4.69, 9.17) is 23.2 Å². The first-order chi connectivity index (χ1) is 15.8. The SMILES string of the molecule is CN(C)C(=O)c1ccc(-c2ccc(N3CCN(C(=O)c4ccccc4Cl)CC3)cc2)cc1Cl. The van der Waals surface area contributed by atoms with E-state index in [1.807, 2.05) is 29.2 Å². The monoisotopic (exact) mass is 481 g/mol. The molecule has 0 saturated carbocycles. The van der Waals surface area contributed by atoms with E-state index in [1.54, 1.807) is 32.3 Å². The number of anilines is 1. The average Bonchev–Trinajstić information content (AvgIpc) is 2.83. The fourth-order valence-electron chi connectivity index (χ4n) is 3.95. The Hall–Kier alpha value is -3.02. The fourth-order valence-corrected chi connectivity index (χ4v) is 4.42. The number of amides is 2. The van der Waals surface area contributed by atoms with Crippen LogP contribution in [0, 0.1) is 0 Å². The number of nitrogens with zero attached hydrogens (tertiary/aromatic N) is 3. The van der Waals surface area contributed by atoms with Gasteiger partial charge in [0.2, 0.25) is 0 Å². The lowest BCUT2D eigenvalue weighted by Crippen LogP contribution is -2.48. The summed E-state index contributed by atoms with van der Waals surface area (Å²) in [4.78, 5) is 30.6. The molecule has 0 N–H and O–H groups in total. The molecule has 2 amide bonds. The number of benzene rings is 3. The van der Waals surface area contributed by atoms with Crippen molar-refractivity contribution in [1.82, 2.24) is 9.80 Å². The first kappa shape index (κ1) is 23.1. The Morgan fingerprint density at radius 3 is 2.00 bits per heavy atom. The van der Waals surface area contributed by atoms with E-state index >= 15 is 0 Å². The average molecular weight is 482 g/mol. The maximum absolute atomic E-state index is 12.8. The van der Waals surface area contributed by atoms with Crippen LogP contribution in [0.3, 0.4) is 0 Å². The van der Waals surface area contributed by atoms with Crippen LogP contribution in [0.5, 0.6) is 0 Å². The lowest BCUT2D eigenvalue weighted by molar-refractivity contribution is 0.0746. The van der Waals surface area contributed by atoms with Gasteiger partial charge in [0.1, 0.15) is 0 Å². The van der Waals surface area contributed by atoms with Gasteiger partial charge in [0.15, 0.2) is 0 Å². The fraction of sp³-hybridized carbons (Fsp3) is 0.231. The van der Waals surface area contributed by atoms with E-state index in [2.05, 4.69) is 29.2 Å². The van der Waals surface area contributed by atoms with E-state index < -0.39 is 0 Å². The second kappa shape index (κ2) is 9.86. The molecule has 7 heteroatoms. The molecule has 4 rings (SSSR count). The summed E-state index contributed by atoms with van der Waals surface area (Å²) >= 11 is 12.6. The largest absolute Gasteiger partial charge is 0.368 e. The second-order valence-corrected chi connectivity index (χ2v) is 9.01. The topological polar surface area (TPSA) is 43.9 Å². The smallest absolute Gasteiger partial charge is 0.255 e. The van der Waals surface area contributed by atoms with Crippen LogP contribution in [0.2, 0.25) is 10.0 Å². The van der Waals surface area contributed by atoms with E-state index in [0.29, 0.717) is 34.3 Å². The van der Waals surface area contributed by atoms with Crippen LogP contribution in [-0.4, -0.2) is 61.9 Å². The third-order valence-corrected chi connectivity index (χ3v) is 6.48. The highest BCUT2D eigenvalue weighted by Gasteiger charge is 2.23. The highest BCUT2D eigenvalue weighted by molar-refractivity contribution is 6.34. The molecule has 0 aliphatic carbocycles. The molecular formula is C26H25Cl2N3O2. The number of halogens is 2. The summed E-state index contributed by atoms with van der Waals surface area (Å²) < 4.78 is 0. The van der Waals surface area contributed by atoms with Gasteiger partial charge in [-0.2, -0.15) is 0 Å². The Labute approximate surface area is 204 Å². The molecule has 0 spiro atoms. The highest BCUT2D eigenvalue weighted by atomic mass is 35.5. The summed E-state index contributed by atoms with van der Waals surface area (Å²) in [5, 5.41) is 0.925. The Morgan fingerprint density at radius 1 is 0.758 bits per heavy atom. The maximum atomic E-state index is 12.8. The standard InChI is InChI=1S/C26H25Cl2N3O2/c1-29(2)25(32)22-12-9-19(17-24(22)28)18-7-10-20(11-8-18)30-13-15-31(16-14-30)26(33)21-5-3-4-6-23(21)27/h3-12,17H,13-16H2,1-2H3. The Morgan fingerprint density at radius 2 is 1.39 bits per heavy atom. The molecule has 1 aliphatic heterocycles. The van der Waals surface area contributed by atoms with Crippen molar-refractivity contribution in [2.24, 2.45) is 0 Å². The molecule has 1 saturated heterocycles. The minimum Gasteiger partial charge on any atom is -0.368 e. The summed E-state index contributed by atoms with van der Waals surface area (Å²) in [5.41, 5.74) is 4.13. The summed E-state index contributed by atoms with van der Waals surface area (Å²) in [6.45, 7) is 2.79. The highest BCUT2D eigenvalue weighted by Crippen LogP contribution is 2.28. The van der Waals surface area contributed by atoms with Crippen molar-refractivity contribution in [3.8, 4) is 11.1 Å². The number of hydrogen-bond donors (Lipinski definition) is 0. The maximum Gasteiger partial charge on any atom is 0.255 e. The van der Waals surface area contributed by atoms with Crippen LogP contribution in [0.4, 0.5) is 5.69 Å². The van der Waals surface area contributed by atoms with E-state index in [-0.39, 0.29) is 11.8 Å². The van der Waals surface area contributed by atoms with Gasteiger partial charge < -0.3 is 14.7 Å². The summed E-state index contributed by atoms with van der Waals surface area (Å²) in [5.74, 6) is -0.141. The summed E-state index contributed by atoms with van der Waals surface area (Å²) in [6.07, 6.45) is 0. The van der Waals surface area contributed by atoms with Crippen LogP contribution >= 0.6 is 23.2 Å². The molecule has 0 unspecified atom stereocenters. The van der Waals surface area contributed by atoms with Crippen LogP contribution in [0.15, 0.2) is 66.7 Å². The van der Waals surface area contributed by atoms with Gasteiger partial charge in [-0.1, -0.05) is 53.5 Å². The van der Waals surface area contributed by atoms with Crippen LogP contribution in [-0.2, 0) is 0 Å². The third kappa shape index (κ3) is 5.00. The predicted octanol–water partition coefficient (Wildman–Crippen LogP) is 5.32. The third-order valence-electron chi connectivity index (χ3n) is 5.84. The number of carbonyl (C=O) groups is 2. The molecule has 170 valence electrons. The second-order valence-electron chi connectivity index (χ2n) is 8.20. The quantitative estimate of drug-likeness (QED) is 0.506. The Balaban J connectivity index is 1.41. The number of rotatable bonds is 4. The van der Waals surface area contributed by atoms with Gasteiger partial charge in [-0.3, -0.25) is 9.59 Å². The zero-order chi connectivity index (χ0) is 23.5. The van der Waals surface area contributed by atoms with Gasteiger partial charge in [-0.25, -0.2) is 0 Å². The summed E-state index contributed by atoms with van der Waals surface area (Å²) in [6, 6.07) is 20.9. The molecule has 3 aromatic carbocycles. The Kier molecular flexibility index (Phi) is 6.91. The minimum absolute atomic E-state index is 0.0244. The van der Waals surface area contributed by atoms with Gasteiger partial charge in [-0.15, -0.1) is 0 Å². The molecule has 1 heterocycles. The molecule has 5 nitrogen and oxygen atoms in total. The van der Waals surface area contributed by atoms with Crippen molar-refractivity contribution in [2.45, 2.75) is 0 Å². The van der Waals surface area contributed by atoms with Gasteiger partial charge in [0.25, 0.3) is 11.8 Å². The zero-order valence-electron chi connectivity index (χ0n) is 18.6. The lowest BCUT2D eigenvalue weighted by atomic mass is 10.0. The predicted molar refractivity (Wildman–Crippen MR) is 134 cm³/mol. The van der Waals surface area contributed by atoms with Gasteiger partial charge in [0, 0.05) is 46.0 Å². The minimum atomic E-state index is -0.117. The molecule has 33 heavy (non-hydrogen) atoms. The molecule has 1 fully saturated rings. The molecule has 3 aromatic rings. The molecular weight excluding hydrogens is 457 g/mol. The van der Waals surface area contributed by atoms with E-state index in [9.17, 15) is 9.59 Å². The summed E-state index contributed by atoms with van der Waals surface area (Å²) in [7, 11) is 3.41. The van der Waals surface area contributed by atoms with Crippen molar-refractivity contribution in [2.75, 3.05) is 45.2 Å². The van der Waals surface area contributed by atoms with Crippen molar-refractivity contribution >= 4 is 40.7 Å². The molecule has 0 aromatic heterocycles. The number of piperazine rings is 1. The normalized spacial score (nSPS) is 13.7. The number of hydrogen-bond acceptors (Lipinski definition) is 3. The van der Waals surface area contributed by atoms with Crippen molar-refractivity contribution in [1.29, 1.82) is 0 Å². The lowest BCUT2D eigenvalue weighted by Gasteiger charge is -2.36. The molecule has 0 bridgehead atoms. The molecule has 0 atom stereocenters. The van der Waals surface area contributed by atoms with Crippen molar-refractivity contribution in [3.05, 3.63) is 87.9 Å². The Bertz CT molecular complexity index is 1170. The molecule has 1 aliphatic rings. The van der Waals surface area contributed by atoms with Crippen LogP contribution in [0.25, 0.3) is 11.1 Å². The number of carbonyl (C=O) groups excluding carboxylic acids is 2. The first-order valence-corrected chi connectivity index (χ1v) is 11.5. The van der Waals surface area contributed by atoms with E-state index in [1.165, 1.54) is 4.90 Å². The molecule has 0 radical (unpaired) electrons. The van der Waals surface area contributed by atoms with Gasteiger partial charge in [-0.05, 0) is 47.5 Å². The van der Waals surface area contributed by atoms with Crippen LogP contribution < -0.4 is 4.90 Å². The van der Waals surface area contributed by atoms with Crippen molar-refractivity contribution in [3.63, 3.8) is 0 Å². The van der Waals surface area contributed by atoms with Gasteiger partial charge in [0.05, 0.1) is 21.2 Å². The van der Waals surface area contributed by atoms with Gasteiger partial charge >= 0.3 is 0 Å². The van der Waals surface area contributed by atoms with E-state index in [0.717, 1.165) is 29.9 Å². The first-order valence-electron chi connectivity index (χ1n) is 10.8.